The summed E-state index contributed by atoms with van der Waals surface area (Å²) in [4.78, 5) is 30.1. The Kier molecular flexibility index (Phi) is 5.25. The van der Waals surface area contributed by atoms with Crippen LogP contribution < -0.4 is 5.32 Å². The Morgan fingerprint density at radius 1 is 1.15 bits per heavy atom. The largest absolute Gasteiger partial charge is 0.346 e. The smallest absolute Gasteiger partial charge is 0.272 e. The van der Waals surface area contributed by atoms with E-state index in [1.807, 2.05) is 34.6 Å². The summed E-state index contributed by atoms with van der Waals surface area (Å²) in [5.74, 6) is -0.424. The molecule has 110 valence electrons. The number of amides is 2. The summed E-state index contributed by atoms with van der Waals surface area (Å²) in [7, 11) is 0. The van der Waals surface area contributed by atoms with Gasteiger partial charge in [-0.1, -0.05) is 6.07 Å². The second-order valence-electron chi connectivity index (χ2n) is 5.59. The van der Waals surface area contributed by atoms with Crippen molar-refractivity contribution in [3.05, 3.63) is 29.6 Å². The quantitative estimate of drug-likeness (QED) is 0.916. The number of carbonyl (C=O) groups is 2. The summed E-state index contributed by atoms with van der Waals surface area (Å²) >= 11 is 0. The maximum atomic E-state index is 12.2. The van der Waals surface area contributed by atoms with E-state index in [0.29, 0.717) is 18.8 Å². The van der Waals surface area contributed by atoms with Crippen LogP contribution in [0.1, 0.15) is 55.6 Å². The van der Waals surface area contributed by atoms with Gasteiger partial charge >= 0.3 is 0 Å². The molecule has 1 heterocycles. The van der Waals surface area contributed by atoms with Gasteiger partial charge in [0.25, 0.3) is 11.8 Å². The monoisotopic (exact) mass is 277 g/mol. The van der Waals surface area contributed by atoms with Crippen LogP contribution in [0.15, 0.2) is 18.2 Å². The maximum Gasteiger partial charge on any atom is 0.272 e. The van der Waals surface area contributed by atoms with Gasteiger partial charge in [0, 0.05) is 18.6 Å². The second-order valence-corrected chi connectivity index (χ2v) is 5.59. The van der Waals surface area contributed by atoms with Crippen LogP contribution in [0.25, 0.3) is 0 Å². The third-order valence-corrected chi connectivity index (χ3v) is 2.74. The van der Waals surface area contributed by atoms with Crippen molar-refractivity contribution in [3.8, 4) is 0 Å². The van der Waals surface area contributed by atoms with E-state index in [1.54, 1.807) is 23.1 Å². The highest BCUT2D eigenvalue weighted by atomic mass is 16.2. The molecule has 0 atom stereocenters. The molecule has 0 spiro atoms. The molecule has 1 N–H and O–H groups in total. The number of aromatic nitrogens is 1. The molecular formula is C15H23N3O2. The molecule has 0 unspecified atom stereocenters. The minimum Gasteiger partial charge on any atom is -0.346 e. The van der Waals surface area contributed by atoms with E-state index in [9.17, 15) is 9.59 Å². The molecule has 0 aromatic carbocycles. The number of pyridine rings is 1. The zero-order valence-corrected chi connectivity index (χ0v) is 12.9. The van der Waals surface area contributed by atoms with Crippen molar-refractivity contribution in [2.75, 3.05) is 13.1 Å². The fourth-order valence-electron chi connectivity index (χ4n) is 1.76. The summed E-state index contributed by atoms with van der Waals surface area (Å²) in [6.07, 6.45) is 0. The zero-order chi connectivity index (χ0) is 15.3. The minimum atomic E-state index is -0.336. The van der Waals surface area contributed by atoms with Crippen molar-refractivity contribution in [2.45, 2.75) is 40.2 Å². The lowest BCUT2D eigenvalue weighted by Gasteiger charge is -2.21. The summed E-state index contributed by atoms with van der Waals surface area (Å²) in [5, 5.41) is 2.83. The average Bonchev–Trinajstić information content (AvgIpc) is 2.38. The number of hydrogen-bond donors (Lipinski definition) is 1. The Morgan fingerprint density at radius 3 is 2.20 bits per heavy atom. The molecule has 0 radical (unpaired) electrons. The molecule has 1 rings (SSSR count). The normalized spacial score (nSPS) is 11.1. The minimum absolute atomic E-state index is 0.152. The first kappa shape index (κ1) is 16.1. The molecule has 0 saturated carbocycles. The van der Waals surface area contributed by atoms with Gasteiger partial charge in [0.15, 0.2) is 0 Å². The summed E-state index contributed by atoms with van der Waals surface area (Å²) < 4.78 is 0. The average molecular weight is 277 g/mol. The van der Waals surface area contributed by atoms with Gasteiger partial charge in [0.2, 0.25) is 0 Å². The molecule has 0 aliphatic heterocycles. The lowest BCUT2D eigenvalue weighted by Crippen LogP contribution is -2.41. The third-order valence-electron chi connectivity index (χ3n) is 2.74. The van der Waals surface area contributed by atoms with Crippen molar-refractivity contribution >= 4 is 11.8 Å². The maximum absolute atomic E-state index is 12.2. The van der Waals surface area contributed by atoms with Crippen LogP contribution in [0, 0.1) is 0 Å². The SMILES string of the molecule is CCN(CC)C(=O)c1cccc(C(=O)NC(C)(C)C)n1. The van der Waals surface area contributed by atoms with E-state index in [4.69, 9.17) is 0 Å². The van der Waals surface area contributed by atoms with Crippen LogP contribution in [-0.4, -0.2) is 40.3 Å². The number of hydrogen-bond acceptors (Lipinski definition) is 3. The molecule has 5 heteroatoms. The Balaban J connectivity index is 2.96. The van der Waals surface area contributed by atoms with Crippen LogP contribution in [0.2, 0.25) is 0 Å². The third kappa shape index (κ3) is 4.33. The molecule has 20 heavy (non-hydrogen) atoms. The molecule has 0 fully saturated rings. The fourth-order valence-corrected chi connectivity index (χ4v) is 1.76. The zero-order valence-electron chi connectivity index (χ0n) is 12.9. The first-order chi connectivity index (χ1) is 9.28. The summed E-state index contributed by atoms with van der Waals surface area (Å²) in [5.41, 5.74) is 0.227. The van der Waals surface area contributed by atoms with Crippen molar-refractivity contribution in [3.63, 3.8) is 0 Å². The first-order valence-corrected chi connectivity index (χ1v) is 6.87. The number of rotatable bonds is 4. The van der Waals surface area contributed by atoms with Crippen molar-refractivity contribution < 1.29 is 9.59 Å². The first-order valence-electron chi connectivity index (χ1n) is 6.87. The van der Waals surface area contributed by atoms with Gasteiger partial charge in [-0.15, -0.1) is 0 Å². The summed E-state index contributed by atoms with van der Waals surface area (Å²) in [6, 6.07) is 4.93. The van der Waals surface area contributed by atoms with Crippen molar-refractivity contribution in [1.29, 1.82) is 0 Å². The van der Waals surface area contributed by atoms with E-state index >= 15 is 0 Å². The number of nitrogens with one attached hydrogen (secondary N) is 1. The van der Waals surface area contributed by atoms with Crippen molar-refractivity contribution in [2.24, 2.45) is 0 Å². The van der Waals surface area contributed by atoms with E-state index in [-0.39, 0.29) is 23.0 Å². The molecule has 0 saturated heterocycles. The van der Waals surface area contributed by atoms with E-state index in [1.165, 1.54) is 0 Å². The Bertz CT molecular complexity index is 488. The van der Waals surface area contributed by atoms with Gasteiger partial charge in [-0.2, -0.15) is 0 Å². The molecule has 5 nitrogen and oxygen atoms in total. The van der Waals surface area contributed by atoms with Crippen LogP contribution >= 0.6 is 0 Å². The predicted molar refractivity (Wildman–Crippen MR) is 78.7 cm³/mol. The van der Waals surface area contributed by atoms with Crippen molar-refractivity contribution in [1.82, 2.24) is 15.2 Å². The molecule has 0 aliphatic rings. The van der Waals surface area contributed by atoms with Gasteiger partial charge in [-0.3, -0.25) is 9.59 Å². The highest BCUT2D eigenvalue weighted by Crippen LogP contribution is 2.06. The molecule has 1 aromatic heterocycles. The lowest BCUT2D eigenvalue weighted by molar-refractivity contribution is 0.0767. The van der Waals surface area contributed by atoms with E-state index in [2.05, 4.69) is 10.3 Å². The summed E-state index contributed by atoms with van der Waals surface area (Å²) in [6.45, 7) is 10.8. The van der Waals surface area contributed by atoms with E-state index in [0.717, 1.165) is 0 Å². The Hall–Kier alpha value is -1.91. The van der Waals surface area contributed by atoms with E-state index < -0.39 is 0 Å². The van der Waals surface area contributed by atoms with Crippen LogP contribution in [0.5, 0.6) is 0 Å². The molecule has 0 bridgehead atoms. The molecular weight excluding hydrogens is 254 g/mol. The second kappa shape index (κ2) is 6.50. The lowest BCUT2D eigenvalue weighted by atomic mass is 10.1. The van der Waals surface area contributed by atoms with Crippen LogP contribution in [-0.2, 0) is 0 Å². The molecule has 2 amide bonds. The van der Waals surface area contributed by atoms with Crippen LogP contribution in [0.4, 0.5) is 0 Å². The fraction of sp³-hybridized carbons (Fsp3) is 0.533. The van der Waals surface area contributed by atoms with Gasteiger partial charge in [0.05, 0.1) is 0 Å². The predicted octanol–water partition coefficient (Wildman–Crippen LogP) is 2.09. The Morgan fingerprint density at radius 2 is 1.70 bits per heavy atom. The Labute approximate surface area is 120 Å². The van der Waals surface area contributed by atoms with Gasteiger partial charge < -0.3 is 10.2 Å². The van der Waals surface area contributed by atoms with Gasteiger partial charge in [0.1, 0.15) is 11.4 Å². The standard InChI is InChI=1S/C15H23N3O2/c1-6-18(7-2)14(20)12-10-8-9-11(16-12)13(19)17-15(3,4)5/h8-10H,6-7H2,1-5H3,(H,17,19). The highest BCUT2D eigenvalue weighted by Gasteiger charge is 2.19. The molecule has 1 aromatic rings. The van der Waals surface area contributed by atoms with Gasteiger partial charge in [-0.25, -0.2) is 4.98 Å². The van der Waals surface area contributed by atoms with Crippen LogP contribution in [0.3, 0.4) is 0 Å². The number of nitrogens with zero attached hydrogens (tertiary/aromatic N) is 2. The molecule has 0 aliphatic carbocycles. The number of carbonyl (C=O) groups excluding carboxylic acids is 2. The highest BCUT2D eigenvalue weighted by molar-refractivity contribution is 5.96. The van der Waals surface area contributed by atoms with Gasteiger partial charge in [-0.05, 0) is 46.8 Å². The topological polar surface area (TPSA) is 62.3 Å².